The molecule has 0 aliphatic heterocycles. The van der Waals surface area contributed by atoms with E-state index in [1.54, 1.807) is 13.8 Å². The van der Waals surface area contributed by atoms with E-state index in [1.807, 2.05) is 0 Å². The zero-order chi connectivity index (χ0) is 15.3. The Balaban J connectivity index is 2.77. The van der Waals surface area contributed by atoms with Crippen molar-refractivity contribution < 1.29 is 27.9 Å². The fourth-order valence-electron chi connectivity index (χ4n) is 1.33. The Kier molecular flexibility index (Phi) is 5.09. The van der Waals surface area contributed by atoms with Crippen molar-refractivity contribution in [2.45, 2.75) is 20.0 Å². The van der Waals surface area contributed by atoms with Crippen LogP contribution in [0.2, 0.25) is 0 Å². The molecule has 0 heterocycles. The van der Waals surface area contributed by atoms with Gasteiger partial charge in [0.2, 0.25) is 10.0 Å². The molecule has 1 aromatic carbocycles. The van der Waals surface area contributed by atoms with E-state index in [9.17, 15) is 18.0 Å². The number of esters is 1. The number of hydrogen-bond donors (Lipinski definition) is 2. The molecule has 0 aromatic heterocycles. The van der Waals surface area contributed by atoms with Gasteiger partial charge in [-0.05, 0) is 38.1 Å². The summed E-state index contributed by atoms with van der Waals surface area (Å²) in [6, 6.07) is 5.50. The molecule has 0 amide bonds. The van der Waals surface area contributed by atoms with Crippen molar-refractivity contribution in [2.24, 2.45) is 0 Å². The Hall–Kier alpha value is -2.09. The van der Waals surface area contributed by atoms with Gasteiger partial charge in [-0.15, -0.1) is 0 Å². The summed E-state index contributed by atoms with van der Waals surface area (Å²) >= 11 is 0. The lowest BCUT2D eigenvalue weighted by Crippen LogP contribution is -2.22. The molecule has 1 aromatic rings. The molecule has 0 unspecified atom stereocenters. The predicted octanol–water partition coefficient (Wildman–Crippen LogP) is 1.08. The number of aliphatic carboxylic acids is 1. The van der Waals surface area contributed by atoms with E-state index >= 15 is 0 Å². The summed E-state index contributed by atoms with van der Waals surface area (Å²) in [5, 5.41) is 8.45. The summed E-state index contributed by atoms with van der Waals surface area (Å²) < 4.78 is 29.9. The molecule has 2 N–H and O–H groups in total. The molecule has 0 bridgehead atoms. The smallest absolute Gasteiger partial charge is 0.338 e. The average Bonchev–Trinajstić information content (AvgIpc) is 2.26. The number of benzene rings is 1. The maximum absolute atomic E-state index is 11.6. The third kappa shape index (κ3) is 5.27. The minimum atomic E-state index is -3.95. The van der Waals surface area contributed by atoms with Crippen LogP contribution in [0.4, 0.5) is 5.69 Å². The number of carbonyl (C=O) groups is 2. The summed E-state index contributed by atoms with van der Waals surface area (Å²) in [6.45, 7) is 3.43. The molecular formula is C12H15NO6S. The van der Waals surface area contributed by atoms with Crippen molar-refractivity contribution in [3.63, 3.8) is 0 Å². The van der Waals surface area contributed by atoms with Crippen LogP contribution in [0, 0.1) is 0 Å². The zero-order valence-corrected chi connectivity index (χ0v) is 11.8. The zero-order valence-electron chi connectivity index (χ0n) is 11.0. The number of carboxylic acids is 1. The van der Waals surface area contributed by atoms with Crippen LogP contribution in [0.25, 0.3) is 0 Å². The molecule has 20 heavy (non-hydrogen) atoms. The number of anilines is 1. The van der Waals surface area contributed by atoms with Crippen molar-refractivity contribution >= 4 is 27.6 Å². The lowest BCUT2D eigenvalue weighted by molar-refractivity contribution is -0.134. The fraction of sp³-hybridized carbons (Fsp3) is 0.333. The quantitative estimate of drug-likeness (QED) is 0.761. The first kappa shape index (κ1) is 16.0. The van der Waals surface area contributed by atoms with Crippen LogP contribution in [0.1, 0.15) is 24.2 Å². The standard InChI is InChI=1S/C12H15NO6S/c1-8(2)19-12(16)9-3-5-10(6-4-9)13-20(17,18)7-11(14)15/h3-6,8,13H,7H2,1-2H3,(H,14,15). The Morgan fingerprint density at radius 1 is 1.25 bits per heavy atom. The highest BCUT2D eigenvalue weighted by atomic mass is 32.2. The van der Waals surface area contributed by atoms with Gasteiger partial charge in [0.05, 0.1) is 11.7 Å². The van der Waals surface area contributed by atoms with E-state index in [0.29, 0.717) is 0 Å². The van der Waals surface area contributed by atoms with Crippen LogP contribution in [0.15, 0.2) is 24.3 Å². The van der Waals surface area contributed by atoms with Gasteiger partial charge in [-0.1, -0.05) is 0 Å². The average molecular weight is 301 g/mol. The second-order valence-corrected chi connectivity index (χ2v) is 6.01. The van der Waals surface area contributed by atoms with Gasteiger partial charge in [0.25, 0.3) is 0 Å². The Bertz CT molecular complexity index is 591. The van der Waals surface area contributed by atoms with Crippen LogP contribution >= 0.6 is 0 Å². The SMILES string of the molecule is CC(C)OC(=O)c1ccc(NS(=O)(=O)CC(=O)O)cc1. The molecule has 8 heteroatoms. The number of hydrogen-bond acceptors (Lipinski definition) is 5. The van der Waals surface area contributed by atoms with Crippen molar-refractivity contribution in [3.8, 4) is 0 Å². The van der Waals surface area contributed by atoms with Gasteiger partial charge >= 0.3 is 11.9 Å². The number of rotatable bonds is 6. The molecule has 0 radical (unpaired) electrons. The fourth-order valence-corrected chi connectivity index (χ4v) is 2.23. The van der Waals surface area contributed by atoms with Crippen LogP contribution in [0.3, 0.4) is 0 Å². The third-order valence-electron chi connectivity index (χ3n) is 2.05. The van der Waals surface area contributed by atoms with E-state index in [-0.39, 0.29) is 17.4 Å². The molecule has 0 fully saturated rings. The molecule has 0 aliphatic carbocycles. The van der Waals surface area contributed by atoms with Gasteiger partial charge in [0.15, 0.2) is 5.75 Å². The highest BCUT2D eigenvalue weighted by molar-refractivity contribution is 7.93. The molecule has 1 rings (SSSR count). The molecule has 0 atom stereocenters. The summed E-state index contributed by atoms with van der Waals surface area (Å²) in [5.74, 6) is -2.99. The topological polar surface area (TPSA) is 110 Å². The molecule has 0 saturated carbocycles. The summed E-state index contributed by atoms with van der Waals surface area (Å²) in [4.78, 5) is 21.9. The van der Waals surface area contributed by atoms with E-state index in [2.05, 4.69) is 4.72 Å². The predicted molar refractivity (Wildman–Crippen MR) is 72.0 cm³/mol. The summed E-state index contributed by atoms with van der Waals surface area (Å²) in [5.41, 5.74) is 0.451. The van der Waals surface area contributed by atoms with Gasteiger partial charge in [-0.3, -0.25) is 9.52 Å². The van der Waals surface area contributed by atoms with Crippen LogP contribution in [-0.2, 0) is 19.6 Å². The lowest BCUT2D eigenvalue weighted by atomic mass is 10.2. The monoisotopic (exact) mass is 301 g/mol. The van der Waals surface area contributed by atoms with Crippen LogP contribution in [-0.4, -0.2) is 37.3 Å². The summed E-state index contributed by atoms with van der Waals surface area (Å²) in [6.07, 6.45) is -0.253. The molecule has 0 aliphatic rings. The Morgan fingerprint density at radius 2 is 1.80 bits per heavy atom. The number of sulfonamides is 1. The number of carbonyl (C=O) groups excluding carboxylic acids is 1. The molecule has 0 saturated heterocycles. The highest BCUT2D eigenvalue weighted by Crippen LogP contribution is 2.13. The molecule has 0 spiro atoms. The van der Waals surface area contributed by atoms with E-state index in [4.69, 9.17) is 9.84 Å². The van der Waals surface area contributed by atoms with Gasteiger partial charge < -0.3 is 9.84 Å². The second-order valence-electron chi connectivity index (χ2n) is 4.29. The maximum atomic E-state index is 11.6. The maximum Gasteiger partial charge on any atom is 0.338 e. The first-order valence-corrected chi connectivity index (χ1v) is 7.38. The van der Waals surface area contributed by atoms with Crippen LogP contribution < -0.4 is 4.72 Å². The largest absolute Gasteiger partial charge is 0.480 e. The van der Waals surface area contributed by atoms with Crippen molar-refractivity contribution in [1.29, 1.82) is 0 Å². The third-order valence-corrected chi connectivity index (χ3v) is 3.22. The van der Waals surface area contributed by atoms with E-state index in [0.717, 1.165) is 0 Å². The minimum absolute atomic E-state index is 0.173. The van der Waals surface area contributed by atoms with E-state index < -0.39 is 27.7 Å². The Morgan fingerprint density at radius 3 is 2.25 bits per heavy atom. The highest BCUT2D eigenvalue weighted by Gasteiger charge is 2.16. The van der Waals surface area contributed by atoms with Gasteiger partial charge in [0.1, 0.15) is 0 Å². The van der Waals surface area contributed by atoms with Gasteiger partial charge in [-0.25, -0.2) is 13.2 Å². The first-order chi connectivity index (χ1) is 9.19. The van der Waals surface area contributed by atoms with Crippen molar-refractivity contribution in [1.82, 2.24) is 0 Å². The molecular weight excluding hydrogens is 286 g/mol. The normalized spacial score (nSPS) is 11.2. The Labute approximate surface area is 116 Å². The van der Waals surface area contributed by atoms with Gasteiger partial charge in [0, 0.05) is 5.69 Å². The van der Waals surface area contributed by atoms with Crippen molar-refractivity contribution in [2.75, 3.05) is 10.5 Å². The summed E-state index contributed by atoms with van der Waals surface area (Å²) in [7, 11) is -3.95. The van der Waals surface area contributed by atoms with E-state index in [1.165, 1.54) is 24.3 Å². The van der Waals surface area contributed by atoms with Crippen molar-refractivity contribution in [3.05, 3.63) is 29.8 Å². The molecule has 110 valence electrons. The molecule has 7 nitrogen and oxygen atoms in total. The first-order valence-electron chi connectivity index (χ1n) is 5.73. The number of nitrogens with one attached hydrogen (secondary N) is 1. The second kappa shape index (κ2) is 6.38. The van der Waals surface area contributed by atoms with Gasteiger partial charge in [-0.2, -0.15) is 0 Å². The lowest BCUT2D eigenvalue weighted by Gasteiger charge is -2.09. The van der Waals surface area contributed by atoms with Crippen LogP contribution in [0.5, 0.6) is 0 Å². The minimum Gasteiger partial charge on any atom is -0.480 e. The number of ether oxygens (including phenoxy) is 1. The number of carboxylic acid groups (broad SMARTS) is 1.